The highest BCUT2D eigenvalue weighted by molar-refractivity contribution is 5.66. The zero-order valence-electron chi connectivity index (χ0n) is 17.1. The molecule has 0 spiro atoms. The number of unbranched alkanes of at least 4 members (excludes halogenated alkanes) is 14. The molecule has 0 aromatic heterocycles. The molecule has 0 radical (unpaired) electrons. The van der Waals surface area contributed by atoms with Crippen LogP contribution in [-0.4, -0.2) is 11.1 Å². The molecule has 0 bridgehead atoms. The van der Waals surface area contributed by atoms with Crippen LogP contribution in [0, 0.1) is 11.8 Å². The van der Waals surface area contributed by atoms with Gasteiger partial charge in [-0.05, 0) is 25.0 Å². The fraction of sp³-hybridized carbons (Fsp3) is 0.640. The summed E-state index contributed by atoms with van der Waals surface area (Å²) in [6.45, 7) is 0. The Kier molecular flexibility index (Phi) is 15.2. The molecule has 1 aromatic rings. The van der Waals surface area contributed by atoms with Gasteiger partial charge in [0.25, 0.3) is 0 Å². The molecule has 2 heteroatoms. The number of carboxylic acids is 1. The van der Waals surface area contributed by atoms with Gasteiger partial charge in [-0.2, -0.15) is 0 Å². The van der Waals surface area contributed by atoms with Crippen molar-refractivity contribution >= 4 is 5.97 Å². The highest BCUT2D eigenvalue weighted by Gasteiger charge is 1.97. The Bertz CT molecular complexity index is 524. The van der Waals surface area contributed by atoms with Crippen molar-refractivity contribution in [2.24, 2.45) is 0 Å². The number of benzene rings is 1. The summed E-state index contributed by atoms with van der Waals surface area (Å²) in [6, 6.07) is 10.2. The minimum atomic E-state index is -0.660. The van der Waals surface area contributed by atoms with E-state index in [4.69, 9.17) is 5.11 Å². The summed E-state index contributed by atoms with van der Waals surface area (Å²) in [5.41, 5.74) is 1.12. The van der Waals surface area contributed by atoms with E-state index in [1.54, 1.807) is 0 Å². The van der Waals surface area contributed by atoms with Crippen molar-refractivity contribution in [3.8, 4) is 11.8 Å². The summed E-state index contributed by atoms with van der Waals surface area (Å²) in [5, 5.41) is 8.57. The Balaban J connectivity index is 1.74. The Morgan fingerprint density at radius 2 is 1.11 bits per heavy atom. The van der Waals surface area contributed by atoms with Gasteiger partial charge in [-0.3, -0.25) is 4.79 Å². The molecule has 2 nitrogen and oxygen atoms in total. The molecular weight excluding hydrogens is 332 g/mol. The maximum atomic E-state index is 10.4. The van der Waals surface area contributed by atoms with E-state index in [2.05, 4.69) is 24.0 Å². The smallest absolute Gasteiger partial charge is 0.303 e. The summed E-state index contributed by atoms with van der Waals surface area (Å²) in [6.07, 6.45) is 19.2. The van der Waals surface area contributed by atoms with Crippen molar-refractivity contribution in [1.29, 1.82) is 0 Å². The van der Waals surface area contributed by atoms with Crippen LogP contribution in [0.2, 0.25) is 0 Å². The second-order valence-electron chi connectivity index (χ2n) is 7.51. The molecule has 0 heterocycles. The molecule has 1 N–H and O–H groups in total. The standard InChI is InChI=1S/C25H38O2/c26-25(27)23-19-14-12-10-8-6-4-2-1-3-5-7-9-11-13-16-20-24-21-17-15-18-22-24/h15,17-18,21-22H,1-14,19,23H2,(H,26,27). The van der Waals surface area contributed by atoms with Crippen LogP contribution < -0.4 is 0 Å². The van der Waals surface area contributed by atoms with Gasteiger partial charge < -0.3 is 5.11 Å². The van der Waals surface area contributed by atoms with Crippen LogP contribution in [0.1, 0.15) is 108 Å². The van der Waals surface area contributed by atoms with E-state index in [1.165, 1.54) is 77.0 Å². The van der Waals surface area contributed by atoms with E-state index in [9.17, 15) is 4.79 Å². The molecule has 27 heavy (non-hydrogen) atoms. The normalized spacial score (nSPS) is 10.4. The van der Waals surface area contributed by atoms with Crippen molar-refractivity contribution in [3.05, 3.63) is 35.9 Å². The van der Waals surface area contributed by atoms with Crippen molar-refractivity contribution in [3.63, 3.8) is 0 Å². The molecule has 0 amide bonds. The van der Waals surface area contributed by atoms with Crippen molar-refractivity contribution < 1.29 is 9.90 Å². The highest BCUT2D eigenvalue weighted by Crippen LogP contribution is 2.13. The third-order valence-corrected chi connectivity index (χ3v) is 4.95. The maximum absolute atomic E-state index is 10.4. The zero-order valence-corrected chi connectivity index (χ0v) is 17.1. The lowest BCUT2D eigenvalue weighted by Crippen LogP contribution is -1.93. The fourth-order valence-corrected chi connectivity index (χ4v) is 3.30. The quantitative estimate of drug-likeness (QED) is 0.244. The molecule has 0 fully saturated rings. The zero-order chi connectivity index (χ0) is 19.4. The average Bonchev–Trinajstić information content (AvgIpc) is 2.67. The van der Waals surface area contributed by atoms with Crippen LogP contribution in [0.5, 0.6) is 0 Å². The van der Waals surface area contributed by atoms with Gasteiger partial charge in [-0.25, -0.2) is 0 Å². The fourth-order valence-electron chi connectivity index (χ4n) is 3.30. The van der Waals surface area contributed by atoms with Crippen LogP contribution >= 0.6 is 0 Å². The summed E-state index contributed by atoms with van der Waals surface area (Å²) >= 11 is 0. The lowest BCUT2D eigenvalue weighted by atomic mass is 10.0. The van der Waals surface area contributed by atoms with E-state index in [0.717, 1.165) is 24.8 Å². The molecule has 0 saturated carbocycles. The predicted octanol–water partition coefficient (Wildman–Crippen LogP) is 7.36. The molecule has 0 aliphatic heterocycles. The molecule has 150 valence electrons. The van der Waals surface area contributed by atoms with Gasteiger partial charge >= 0.3 is 5.97 Å². The Morgan fingerprint density at radius 1 is 0.667 bits per heavy atom. The van der Waals surface area contributed by atoms with Gasteiger partial charge in [0.1, 0.15) is 0 Å². The molecule has 0 aliphatic carbocycles. The van der Waals surface area contributed by atoms with Gasteiger partial charge in [0, 0.05) is 18.4 Å². The van der Waals surface area contributed by atoms with Crippen molar-refractivity contribution in [1.82, 2.24) is 0 Å². The lowest BCUT2D eigenvalue weighted by molar-refractivity contribution is -0.137. The largest absolute Gasteiger partial charge is 0.481 e. The van der Waals surface area contributed by atoms with Gasteiger partial charge in [-0.1, -0.05) is 107 Å². The van der Waals surface area contributed by atoms with Crippen molar-refractivity contribution in [2.75, 3.05) is 0 Å². The molecule has 1 aromatic carbocycles. The second-order valence-corrected chi connectivity index (χ2v) is 7.51. The molecule has 0 aliphatic rings. The molecule has 0 unspecified atom stereocenters. The molecular formula is C25H38O2. The number of rotatable bonds is 16. The van der Waals surface area contributed by atoms with E-state index in [0.29, 0.717) is 6.42 Å². The van der Waals surface area contributed by atoms with E-state index in [-0.39, 0.29) is 0 Å². The number of carbonyl (C=O) groups is 1. The first kappa shape index (κ1) is 23.3. The number of hydrogen-bond acceptors (Lipinski definition) is 1. The number of hydrogen-bond donors (Lipinski definition) is 1. The van der Waals surface area contributed by atoms with Crippen LogP contribution in [0.3, 0.4) is 0 Å². The SMILES string of the molecule is O=C(O)CCCCCCCCCCCCCCCCC#Cc1ccccc1. The minimum absolute atomic E-state index is 0.334. The second kappa shape index (κ2) is 17.7. The number of carboxylic acid groups (broad SMARTS) is 1. The number of aliphatic carboxylic acids is 1. The summed E-state index contributed by atoms with van der Waals surface area (Å²) in [5.74, 6) is 5.84. The minimum Gasteiger partial charge on any atom is -0.481 e. The molecule has 1 rings (SSSR count). The third kappa shape index (κ3) is 16.2. The van der Waals surface area contributed by atoms with Gasteiger partial charge in [0.15, 0.2) is 0 Å². The van der Waals surface area contributed by atoms with Crippen LogP contribution in [0.25, 0.3) is 0 Å². The van der Waals surface area contributed by atoms with Crippen LogP contribution in [0.15, 0.2) is 30.3 Å². The van der Waals surface area contributed by atoms with Gasteiger partial charge in [-0.15, -0.1) is 0 Å². The predicted molar refractivity (Wildman–Crippen MR) is 115 cm³/mol. The van der Waals surface area contributed by atoms with Gasteiger partial charge in [0.2, 0.25) is 0 Å². The van der Waals surface area contributed by atoms with E-state index >= 15 is 0 Å². The van der Waals surface area contributed by atoms with Gasteiger partial charge in [0.05, 0.1) is 0 Å². The third-order valence-electron chi connectivity index (χ3n) is 4.95. The highest BCUT2D eigenvalue weighted by atomic mass is 16.4. The van der Waals surface area contributed by atoms with Crippen LogP contribution in [0.4, 0.5) is 0 Å². The first-order chi connectivity index (χ1) is 13.3. The Morgan fingerprint density at radius 3 is 1.59 bits per heavy atom. The summed E-state index contributed by atoms with van der Waals surface area (Å²) in [4.78, 5) is 10.4. The monoisotopic (exact) mass is 370 g/mol. The van der Waals surface area contributed by atoms with E-state index in [1.807, 2.05) is 18.2 Å². The first-order valence-electron chi connectivity index (χ1n) is 11.0. The Labute approximate surface area is 166 Å². The maximum Gasteiger partial charge on any atom is 0.303 e. The summed E-state index contributed by atoms with van der Waals surface area (Å²) < 4.78 is 0. The molecule has 0 atom stereocenters. The first-order valence-corrected chi connectivity index (χ1v) is 11.0. The summed E-state index contributed by atoms with van der Waals surface area (Å²) in [7, 11) is 0. The molecule has 0 saturated heterocycles. The average molecular weight is 371 g/mol. The van der Waals surface area contributed by atoms with E-state index < -0.39 is 5.97 Å². The topological polar surface area (TPSA) is 37.3 Å². The Hall–Kier alpha value is -1.75. The van der Waals surface area contributed by atoms with Crippen molar-refractivity contribution in [2.45, 2.75) is 103 Å². The van der Waals surface area contributed by atoms with Crippen LogP contribution in [-0.2, 0) is 4.79 Å². The lowest BCUT2D eigenvalue weighted by Gasteiger charge is -2.03.